The van der Waals surface area contributed by atoms with Crippen LogP contribution in [0.3, 0.4) is 0 Å². The van der Waals surface area contributed by atoms with Gasteiger partial charge in [-0.25, -0.2) is 0 Å². The van der Waals surface area contributed by atoms with Gasteiger partial charge in [0, 0.05) is 12.3 Å². The van der Waals surface area contributed by atoms with E-state index in [0.29, 0.717) is 6.42 Å². The fourth-order valence-electron chi connectivity index (χ4n) is 3.04. The number of hydrogen-bond donors (Lipinski definition) is 1. The number of hydrogen-bond acceptors (Lipinski definition) is 3. The summed E-state index contributed by atoms with van der Waals surface area (Å²) in [5, 5.41) is 21.4. The first-order valence-electron chi connectivity index (χ1n) is 5.90. The van der Waals surface area contributed by atoms with Gasteiger partial charge in [0.25, 0.3) is 6.09 Å². The third kappa shape index (κ3) is 1.84. The third-order valence-corrected chi connectivity index (χ3v) is 3.87. The minimum absolute atomic E-state index is 0.0694. The van der Waals surface area contributed by atoms with Gasteiger partial charge in [-0.2, -0.15) is 0 Å². The number of amides is 1. The van der Waals surface area contributed by atoms with E-state index in [4.69, 9.17) is 0 Å². The zero-order valence-corrected chi connectivity index (χ0v) is 10.9. The molecule has 1 unspecified atom stereocenters. The molecule has 1 N–H and O–H groups in total. The minimum Gasteiger partial charge on any atom is -0.498 e. The monoisotopic (exact) mass is 229 g/mol. The number of aliphatic hydroxyl groups excluding tert-OH is 1. The molecule has 1 heterocycles. The normalized spacial score (nSPS) is 35.7. The highest BCUT2D eigenvalue weighted by atomic mass is 16.4. The molecule has 1 aliphatic heterocycles. The van der Waals surface area contributed by atoms with Crippen LogP contribution in [0.5, 0.6) is 0 Å². The summed E-state index contributed by atoms with van der Waals surface area (Å²) < 4.78 is -0.133. The van der Waals surface area contributed by atoms with Gasteiger partial charge in [0.15, 0.2) is 0 Å². The van der Waals surface area contributed by atoms with Gasteiger partial charge in [0.2, 0.25) is 0 Å². The molecule has 0 radical (unpaired) electrons. The Morgan fingerprint density at radius 2 is 1.94 bits per heavy atom. The molecule has 1 fully saturated rings. The van der Waals surface area contributed by atoms with Crippen molar-refractivity contribution in [3.05, 3.63) is 0 Å². The molecule has 0 aromatic carbocycles. The molecule has 0 aliphatic carbocycles. The number of quaternary nitrogens is 1. The van der Waals surface area contributed by atoms with Crippen LogP contribution in [0.1, 0.15) is 41.0 Å². The highest BCUT2D eigenvalue weighted by molar-refractivity contribution is 5.55. The number of carboxylic acid groups (broad SMARTS) is 1. The van der Waals surface area contributed by atoms with Crippen molar-refractivity contribution in [3.63, 3.8) is 0 Å². The maximum atomic E-state index is 11.6. The van der Waals surface area contributed by atoms with E-state index < -0.39 is 17.7 Å². The summed E-state index contributed by atoms with van der Waals surface area (Å²) in [5.41, 5.74) is -0.453. The lowest BCUT2D eigenvalue weighted by Gasteiger charge is -2.50. The molecule has 1 rings (SSSR count). The van der Waals surface area contributed by atoms with E-state index >= 15 is 0 Å². The van der Waals surface area contributed by atoms with E-state index in [1.54, 1.807) is 0 Å². The third-order valence-electron chi connectivity index (χ3n) is 3.87. The van der Waals surface area contributed by atoms with Crippen LogP contribution in [0.2, 0.25) is 0 Å². The second-order valence-electron chi connectivity index (χ2n) is 6.19. The molecule has 0 aromatic heterocycles. The van der Waals surface area contributed by atoms with Crippen LogP contribution in [0.4, 0.5) is 4.79 Å². The molecular formula is C12H23NO3. The first-order valence-corrected chi connectivity index (χ1v) is 5.90. The Labute approximate surface area is 97.5 Å². The molecule has 4 nitrogen and oxygen atoms in total. The summed E-state index contributed by atoms with van der Waals surface area (Å²) in [6.07, 6.45) is -1.06. The molecule has 1 amide bonds. The number of rotatable bonds is 1. The molecule has 4 heteroatoms. The SMILES string of the molecule is CC(C)[C@H]1C[C@H](O)C[N+]1(C(=O)[O-])C(C)(C)C. The second-order valence-corrected chi connectivity index (χ2v) is 6.19. The largest absolute Gasteiger partial charge is 0.498 e. The van der Waals surface area contributed by atoms with Crippen LogP contribution in [-0.4, -0.2) is 39.9 Å². The first kappa shape index (κ1) is 13.5. The Bertz CT molecular complexity index is 282. The standard InChI is InChI=1S/C12H23NO3/c1-8(2)10-6-9(14)7-13(10,11(15)16)12(3,4)5/h8-10,14H,6-7H2,1-5H3/t9-,10+,13?/m0/s1. The van der Waals surface area contributed by atoms with Crippen LogP contribution >= 0.6 is 0 Å². The smallest absolute Gasteiger partial charge is 0.258 e. The molecule has 0 spiro atoms. The number of likely N-dealkylation sites (tertiary alicyclic amines) is 1. The predicted molar refractivity (Wildman–Crippen MR) is 59.5 cm³/mol. The summed E-state index contributed by atoms with van der Waals surface area (Å²) >= 11 is 0. The van der Waals surface area contributed by atoms with Gasteiger partial charge in [-0.05, 0) is 20.8 Å². The van der Waals surface area contributed by atoms with Crippen molar-refractivity contribution in [2.24, 2.45) is 5.92 Å². The number of nitrogens with zero attached hydrogens (tertiary/aromatic N) is 1. The molecule has 1 saturated heterocycles. The Morgan fingerprint density at radius 3 is 2.19 bits per heavy atom. The Hall–Kier alpha value is -0.610. The van der Waals surface area contributed by atoms with E-state index in [9.17, 15) is 15.0 Å². The Balaban J connectivity index is 3.23. The highest BCUT2D eigenvalue weighted by Crippen LogP contribution is 2.39. The summed E-state index contributed by atoms with van der Waals surface area (Å²) in [4.78, 5) is 11.6. The molecule has 94 valence electrons. The fraction of sp³-hybridized carbons (Fsp3) is 0.917. The van der Waals surface area contributed by atoms with Gasteiger partial charge in [-0.3, -0.25) is 4.48 Å². The average molecular weight is 229 g/mol. The van der Waals surface area contributed by atoms with Crippen molar-refractivity contribution < 1.29 is 19.5 Å². The maximum absolute atomic E-state index is 11.6. The predicted octanol–water partition coefficient (Wildman–Crippen LogP) is 0.734. The lowest BCUT2D eigenvalue weighted by molar-refractivity contribution is -0.934. The van der Waals surface area contributed by atoms with Gasteiger partial charge in [-0.15, -0.1) is 0 Å². The van der Waals surface area contributed by atoms with Gasteiger partial charge < -0.3 is 15.0 Å². The van der Waals surface area contributed by atoms with Gasteiger partial charge in [-0.1, -0.05) is 13.8 Å². The van der Waals surface area contributed by atoms with E-state index in [1.807, 2.05) is 34.6 Å². The summed E-state index contributed by atoms with van der Waals surface area (Å²) in [5.74, 6) is 0.217. The molecule has 0 saturated carbocycles. The highest BCUT2D eigenvalue weighted by Gasteiger charge is 2.56. The van der Waals surface area contributed by atoms with Crippen molar-refractivity contribution in [2.75, 3.05) is 6.54 Å². The van der Waals surface area contributed by atoms with Crippen LogP contribution < -0.4 is 5.11 Å². The van der Waals surface area contributed by atoms with E-state index in [2.05, 4.69) is 0 Å². The average Bonchev–Trinajstić information content (AvgIpc) is 2.42. The number of carbonyl (C=O) groups is 1. The van der Waals surface area contributed by atoms with Crippen molar-refractivity contribution >= 4 is 6.09 Å². The van der Waals surface area contributed by atoms with E-state index in [0.717, 1.165) is 0 Å². The summed E-state index contributed by atoms with van der Waals surface area (Å²) in [6, 6.07) is -0.0694. The Kier molecular flexibility index (Phi) is 3.37. The quantitative estimate of drug-likeness (QED) is 0.674. The zero-order chi connectivity index (χ0) is 12.7. The fourth-order valence-corrected chi connectivity index (χ4v) is 3.04. The van der Waals surface area contributed by atoms with Gasteiger partial charge in [0.1, 0.15) is 18.7 Å². The van der Waals surface area contributed by atoms with Gasteiger partial charge in [0.05, 0.1) is 5.54 Å². The van der Waals surface area contributed by atoms with Crippen LogP contribution in [-0.2, 0) is 0 Å². The van der Waals surface area contributed by atoms with E-state index in [1.165, 1.54) is 0 Å². The topological polar surface area (TPSA) is 60.4 Å². The second kappa shape index (κ2) is 4.00. The number of carbonyl (C=O) groups excluding carboxylic acids is 1. The van der Waals surface area contributed by atoms with Crippen molar-refractivity contribution in [3.8, 4) is 0 Å². The molecule has 3 atom stereocenters. The van der Waals surface area contributed by atoms with Crippen molar-refractivity contribution in [1.82, 2.24) is 0 Å². The lowest BCUT2D eigenvalue weighted by atomic mass is 9.93. The molecule has 0 aromatic rings. The van der Waals surface area contributed by atoms with Crippen molar-refractivity contribution in [2.45, 2.75) is 58.7 Å². The zero-order valence-electron chi connectivity index (χ0n) is 10.9. The van der Waals surface area contributed by atoms with E-state index in [-0.39, 0.29) is 23.0 Å². The van der Waals surface area contributed by atoms with Crippen LogP contribution in [0, 0.1) is 5.92 Å². The lowest BCUT2D eigenvalue weighted by Crippen LogP contribution is -2.71. The molecule has 16 heavy (non-hydrogen) atoms. The first-order chi connectivity index (χ1) is 7.13. The maximum Gasteiger partial charge on any atom is 0.258 e. The molecular weight excluding hydrogens is 206 g/mol. The summed E-state index contributed by atoms with van der Waals surface area (Å²) in [6.45, 7) is 9.96. The number of aliphatic hydroxyl groups is 1. The molecule has 0 bridgehead atoms. The van der Waals surface area contributed by atoms with Crippen LogP contribution in [0.15, 0.2) is 0 Å². The van der Waals surface area contributed by atoms with Crippen LogP contribution in [0.25, 0.3) is 0 Å². The molecule has 1 aliphatic rings. The van der Waals surface area contributed by atoms with Crippen molar-refractivity contribution in [1.29, 1.82) is 0 Å². The minimum atomic E-state index is -1.07. The Morgan fingerprint density at radius 1 is 1.44 bits per heavy atom. The summed E-state index contributed by atoms with van der Waals surface area (Å²) in [7, 11) is 0. The van der Waals surface area contributed by atoms with Gasteiger partial charge >= 0.3 is 0 Å².